The molecule has 0 aromatic carbocycles. The van der Waals surface area contributed by atoms with Gasteiger partial charge in [0.2, 0.25) is 11.8 Å². The molecule has 1 aromatic heterocycles. The van der Waals surface area contributed by atoms with Gasteiger partial charge < -0.3 is 14.2 Å². The maximum Gasteiger partial charge on any atom is 0.231 e. The number of nitrogens with zero attached hydrogens (tertiary/aromatic N) is 1. The van der Waals surface area contributed by atoms with E-state index in [-0.39, 0.29) is 23.1 Å². The number of aromatic nitrogens is 1. The molecule has 0 saturated heterocycles. The Morgan fingerprint density at radius 1 is 1.31 bits per heavy atom. The Bertz CT molecular complexity index is 369. The maximum absolute atomic E-state index is 11.6. The smallest absolute Gasteiger partial charge is 0.231 e. The van der Waals surface area contributed by atoms with E-state index < -0.39 is 0 Å². The summed E-state index contributed by atoms with van der Waals surface area (Å²) in [5.41, 5.74) is 0.223. The summed E-state index contributed by atoms with van der Waals surface area (Å²) >= 11 is 5.50. The molecule has 16 heavy (non-hydrogen) atoms. The fraction of sp³-hybridized carbons (Fsp3) is 0.400. The predicted molar refractivity (Wildman–Crippen MR) is 58.9 cm³/mol. The average Bonchev–Trinajstić information content (AvgIpc) is 2.35. The number of hydrogen-bond acceptors (Lipinski definition) is 5. The molecular weight excluding hydrogens is 234 g/mol. The van der Waals surface area contributed by atoms with E-state index in [0.29, 0.717) is 11.6 Å². The summed E-state index contributed by atoms with van der Waals surface area (Å²) in [6.07, 6.45) is 0. The van der Waals surface area contributed by atoms with Gasteiger partial charge in [0.25, 0.3) is 0 Å². The minimum atomic E-state index is -0.314. The zero-order valence-electron chi connectivity index (χ0n) is 9.24. The van der Waals surface area contributed by atoms with Crippen molar-refractivity contribution < 1.29 is 19.0 Å². The number of methoxy groups -OCH3 is 3. The monoisotopic (exact) mass is 245 g/mol. The Morgan fingerprint density at radius 3 is 2.44 bits per heavy atom. The number of rotatable bonds is 5. The van der Waals surface area contributed by atoms with Crippen molar-refractivity contribution >= 4 is 17.4 Å². The summed E-state index contributed by atoms with van der Waals surface area (Å²) < 4.78 is 15.0. The fourth-order valence-electron chi connectivity index (χ4n) is 1.21. The lowest BCUT2D eigenvalue weighted by atomic mass is 10.1. The first-order chi connectivity index (χ1) is 7.67. The highest BCUT2D eigenvalue weighted by molar-refractivity contribution is 6.31. The van der Waals surface area contributed by atoms with Crippen molar-refractivity contribution in [1.82, 2.24) is 4.98 Å². The highest BCUT2D eigenvalue weighted by atomic mass is 35.5. The average molecular weight is 246 g/mol. The number of pyridine rings is 1. The zero-order chi connectivity index (χ0) is 12.1. The van der Waals surface area contributed by atoms with Crippen LogP contribution >= 0.6 is 11.6 Å². The van der Waals surface area contributed by atoms with Gasteiger partial charge in [-0.15, -0.1) is 11.6 Å². The molecule has 0 radical (unpaired) electrons. The largest absolute Gasteiger partial charge is 0.496 e. The van der Waals surface area contributed by atoms with Crippen LogP contribution in [0.15, 0.2) is 6.07 Å². The van der Waals surface area contributed by atoms with Gasteiger partial charge in [0.1, 0.15) is 11.3 Å². The Morgan fingerprint density at radius 2 is 2.00 bits per heavy atom. The van der Waals surface area contributed by atoms with Crippen LogP contribution in [0.3, 0.4) is 0 Å². The van der Waals surface area contributed by atoms with Crippen molar-refractivity contribution in [2.24, 2.45) is 0 Å². The second-order valence-corrected chi connectivity index (χ2v) is 3.08. The first kappa shape index (κ1) is 12.6. The van der Waals surface area contributed by atoms with E-state index in [9.17, 15) is 4.79 Å². The van der Waals surface area contributed by atoms with Gasteiger partial charge in [-0.3, -0.25) is 4.79 Å². The minimum Gasteiger partial charge on any atom is -0.496 e. The third-order valence-corrected chi connectivity index (χ3v) is 2.19. The van der Waals surface area contributed by atoms with Crippen LogP contribution in [0, 0.1) is 0 Å². The van der Waals surface area contributed by atoms with Crippen LogP contribution in [0.2, 0.25) is 0 Å². The van der Waals surface area contributed by atoms with E-state index >= 15 is 0 Å². The maximum atomic E-state index is 11.6. The molecule has 0 unspecified atom stereocenters. The summed E-state index contributed by atoms with van der Waals surface area (Å²) in [6, 6.07) is 1.50. The first-order valence-corrected chi connectivity index (χ1v) is 4.97. The van der Waals surface area contributed by atoms with E-state index in [0.717, 1.165) is 0 Å². The second-order valence-electron chi connectivity index (χ2n) is 2.81. The van der Waals surface area contributed by atoms with Crippen molar-refractivity contribution in [3.8, 4) is 17.5 Å². The van der Waals surface area contributed by atoms with Crippen LogP contribution in [0.4, 0.5) is 0 Å². The van der Waals surface area contributed by atoms with Crippen molar-refractivity contribution in [3.63, 3.8) is 0 Å². The highest BCUT2D eigenvalue weighted by Crippen LogP contribution is 2.31. The number of Topliss-reactive ketones (excluding diaryl/α,β-unsaturated/α-hetero) is 1. The number of ether oxygens (including phenoxy) is 3. The Kier molecular flexibility index (Phi) is 4.37. The lowest BCUT2D eigenvalue weighted by molar-refractivity contribution is 0.101. The molecule has 0 aliphatic heterocycles. The molecule has 1 rings (SSSR count). The highest BCUT2D eigenvalue weighted by Gasteiger charge is 2.20. The van der Waals surface area contributed by atoms with Gasteiger partial charge in [-0.25, -0.2) is 0 Å². The molecule has 6 heteroatoms. The molecule has 0 amide bonds. The van der Waals surface area contributed by atoms with Crippen LogP contribution < -0.4 is 14.2 Å². The van der Waals surface area contributed by atoms with Gasteiger partial charge in [0.05, 0.1) is 27.2 Å². The molecule has 0 atom stereocenters. The molecule has 0 aliphatic rings. The molecule has 5 nitrogen and oxygen atoms in total. The Labute approximate surface area is 98.3 Å². The summed E-state index contributed by atoms with van der Waals surface area (Å²) in [5, 5.41) is 0. The van der Waals surface area contributed by atoms with Crippen LogP contribution in [0.5, 0.6) is 17.5 Å². The number of carbonyl (C=O) groups excluding carboxylic acids is 1. The Balaban J connectivity index is 3.37. The number of carbonyl (C=O) groups is 1. The number of ketones is 1. The van der Waals surface area contributed by atoms with Crippen molar-refractivity contribution in [2.45, 2.75) is 0 Å². The van der Waals surface area contributed by atoms with Gasteiger partial charge >= 0.3 is 0 Å². The van der Waals surface area contributed by atoms with Crippen LogP contribution in [0.1, 0.15) is 10.4 Å². The molecule has 88 valence electrons. The SMILES string of the molecule is COc1cc(OC)c(C(=O)CCl)c(OC)n1. The summed E-state index contributed by atoms with van der Waals surface area (Å²) in [5.74, 6) is 0.294. The lowest BCUT2D eigenvalue weighted by Crippen LogP contribution is -2.08. The fourth-order valence-corrected chi connectivity index (χ4v) is 1.35. The van der Waals surface area contributed by atoms with Gasteiger partial charge in [0.15, 0.2) is 5.78 Å². The number of hydrogen-bond donors (Lipinski definition) is 0. The topological polar surface area (TPSA) is 57.7 Å². The van der Waals surface area contributed by atoms with E-state index in [1.54, 1.807) is 0 Å². The summed E-state index contributed by atoms with van der Waals surface area (Å²) in [7, 11) is 4.32. The lowest BCUT2D eigenvalue weighted by Gasteiger charge is -2.11. The summed E-state index contributed by atoms with van der Waals surface area (Å²) in [4.78, 5) is 15.6. The molecule has 0 N–H and O–H groups in total. The van der Waals surface area contributed by atoms with E-state index in [1.165, 1.54) is 27.4 Å². The van der Waals surface area contributed by atoms with Crippen LogP contribution in [-0.2, 0) is 0 Å². The molecule has 0 saturated carbocycles. The van der Waals surface area contributed by atoms with Gasteiger partial charge in [-0.1, -0.05) is 0 Å². The molecule has 0 spiro atoms. The first-order valence-electron chi connectivity index (χ1n) is 4.44. The predicted octanol–water partition coefficient (Wildman–Crippen LogP) is 1.53. The minimum absolute atomic E-state index is 0.141. The van der Waals surface area contributed by atoms with Crippen molar-refractivity contribution in [3.05, 3.63) is 11.6 Å². The third-order valence-electron chi connectivity index (χ3n) is 1.95. The zero-order valence-corrected chi connectivity index (χ0v) is 10.00. The molecular formula is C10H12ClNO4. The Hall–Kier alpha value is -1.49. The van der Waals surface area contributed by atoms with Crippen molar-refractivity contribution in [2.75, 3.05) is 27.2 Å². The third kappa shape index (κ3) is 2.36. The molecule has 0 fully saturated rings. The van der Waals surface area contributed by atoms with Gasteiger partial charge in [0, 0.05) is 6.07 Å². The molecule has 1 aromatic rings. The molecule has 1 heterocycles. The van der Waals surface area contributed by atoms with Crippen LogP contribution in [-0.4, -0.2) is 38.0 Å². The molecule has 0 bridgehead atoms. The van der Waals surface area contributed by atoms with E-state index in [2.05, 4.69) is 4.98 Å². The van der Waals surface area contributed by atoms with Gasteiger partial charge in [-0.05, 0) is 0 Å². The van der Waals surface area contributed by atoms with E-state index in [4.69, 9.17) is 25.8 Å². The standard InChI is InChI=1S/C10H12ClNO4/c1-14-7-4-8(15-2)12-10(16-3)9(7)6(13)5-11/h4H,5H2,1-3H3. The normalized spacial score (nSPS) is 9.75. The number of halogens is 1. The van der Waals surface area contributed by atoms with Crippen molar-refractivity contribution in [1.29, 1.82) is 0 Å². The second kappa shape index (κ2) is 5.55. The summed E-state index contributed by atoms with van der Waals surface area (Å²) in [6.45, 7) is 0. The van der Waals surface area contributed by atoms with Crippen LogP contribution in [0.25, 0.3) is 0 Å². The molecule has 0 aliphatic carbocycles. The van der Waals surface area contributed by atoms with E-state index in [1.807, 2.05) is 0 Å². The number of alkyl halides is 1. The quantitative estimate of drug-likeness (QED) is 0.582. The van der Waals surface area contributed by atoms with Gasteiger partial charge in [-0.2, -0.15) is 4.98 Å².